The maximum absolute atomic E-state index is 13.5. The topological polar surface area (TPSA) is 12.0 Å². The van der Waals surface area contributed by atoms with Crippen LogP contribution in [0.15, 0.2) is 46.9 Å². The van der Waals surface area contributed by atoms with E-state index in [-0.39, 0.29) is 5.82 Å². The van der Waals surface area contributed by atoms with E-state index < -0.39 is 0 Å². The monoisotopic (exact) mass is 293 g/mol. The summed E-state index contributed by atoms with van der Waals surface area (Å²) in [6.45, 7) is 2.66. The van der Waals surface area contributed by atoms with Crippen molar-refractivity contribution >= 4 is 21.6 Å². The number of hydrogen-bond acceptors (Lipinski definition) is 1. The molecule has 0 saturated heterocycles. The van der Waals surface area contributed by atoms with E-state index in [0.717, 1.165) is 10.0 Å². The van der Waals surface area contributed by atoms with E-state index in [9.17, 15) is 4.39 Å². The van der Waals surface area contributed by atoms with E-state index in [1.807, 2.05) is 25.1 Å². The summed E-state index contributed by atoms with van der Waals surface area (Å²) in [6, 6.07) is 13.0. The molecule has 2 rings (SSSR count). The van der Waals surface area contributed by atoms with Gasteiger partial charge in [0.2, 0.25) is 0 Å². The lowest BCUT2D eigenvalue weighted by atomic mass is 10.1. The van der Waals surface area contributed by atoms with Crippen LogP contribution in [0.5, 0.6) is 0 Å². The molecule has 0 unspecified atom stereocenters. The highest BCUT2D eigenvalue weighted by Crippen LogP contribution is 2.20. The first-order chi connectivity index (χ1) is 8.15. The van der Waals surface area contributed by atoms with Crippen LogP contribution in [0.25, 0.3) is 0 Å². The highest BCUT2D eigenvalue weighted by atomic mass is 79.9. The minimum Gasteiger partial charge on any atom is -0.379 e. The normalized spacial score (nSPS) is 10.3. The van der Waals surface area contributed by atoms with Gasteiger partial charge in [0.15, 0.2) is 0 Å². The minimum absolute atomic E-state index is 0.235. The molecule has 1 N–H and O–H groups in total. The third kappa shape index (κ3) is 3.30. The van der Waals surface area contributed by atoms with Gasteiger partial charge in [-0.3, -0.25) is 0 Å². The summed E-state index contributed by atoms with van der Waals surface area (Å²) >= 11 is 3.33. The van der Waals surface area contributed by atoms with Crippen molar-refractivity contribution in [2.24, 2.45) is 0 Å². The number of nitrogens with one attached hydrogen (secondary N) is 1. The summed E-state index contributed by atoms with van der Waals surface area (Å²) in [5, 5.41) is 3.09. The third-order valence-electron chi connectivity index (χ3n) is 2.49. The molecule has 88 valence electrons. The zero-order chi connectivity index (χ0) is 12.3. The second kappa shape index (κ2) is 5.32. The van der Waals surface area contributed by atoms with Gasteiger partial charge in [0.1, 0.15) is 5.82 Å². The molecule has 0 aliphatic rings. The second-order valence-electron chi connectivity index (χ2n) is 3.97. The van der Waals surface area contributed by atoms with Crippen LogP contribution in [0.4, 0.5) is 10.1 Å². The summed E-state index contributed by atoms with van der Waals surface area (Å²) in [7, 11) is 0. The van der Waals surface area contributed by atoms with Crippen LogP contribution in [0.1, 0.15) is 11.1 Å². The van der Waals surface area contributed by atoms with Gasteiger partial charge in [-0.25, -0.2) is 4.39 Å². The van der Waals surface area contributed by atoms with Crippen LogP contribution in [0, 0.1) is 12.7 Å². The van der Waals surface area contributed by atoms with Gasteiger partial charge in [0.25, 0.3) is 0 Å². The van der Waals surface area contributed by atoms with Gasteiger partial charge in [-0.1, -0.05) is 45.8 Å². The van der Waals surface area contributed by atoms with Crippen molar-refractivity contribution in [2.45, 2.75) is 13.5 Å². The third-order valence-corrected chi connectivity index (χ3v) is 2.99. The Kier molecular flexibility index (Phi) is 3.79. The molecule has 0 saturated carbocycles. The maximum atomic E-state index is 13.5. The summed E-state index contributed by atoms with van der Waals surface area (Å²) in [6.07, 6.45) is 0. The van der Waals surface area contributed by atoms with E-state index in [4.69, 9.17) is 0 Å². The van der Waals surface area contributed by atoms with Crippen molar-refractivity contribution in [3.63, 3.8) is 0 Å². The Labute approximate surface area is 109 Å². The van der Waals surface area contributed by atoms with Gasteiger partial charge in [-0.2, -0.15) is 0 Å². The molecule has 2 aromatic carbocycles. The van der Waals surface area contributed by atoms with E-state index >= 15 is 0 Å². The van der Waals surface area contributed by atoms with Crippen molar-refractivity contribution in [3.8, 4) is 0 Å². The number of benzene rings is 2. The molecule has 17 heavy (non-hydrogen) atoms. The predicted molar refractivity (Wildman–Crippen MR) is 72.6 cm³/mol. The Balaban J connectivity index is 2.09. The minimum atomic E-state index is -0.235. The molecule has 0 amide bonds. The number of rotatable bonds is 3. The fourth-order valence-electron chi connectivity index (χ4n) is 1.65. The first-order valence-electron chi connectivity index (χ1n) is 5.39. The first-order valence-corrected chi connectivity index (χ1v) is 6.19. The highest BCUT2D eigenvalue weighted by molar-refractivity contribution is 9.10. The summed E-state index contributed by atoms with van der Waals surface area (Å²) in [5.74, 6) is -0.235. The summed E-state index contributed by atoms with van der Waals surface area (Å²) < 4.78 is 14.3. The van der Waals surface area contributed by atoms with Crippen LogP contribution >= 0.6 is 15.9 Å². The molecular weight excluding hydrogens is 281 g/mol. The second-order valence-corrected chi connectivity index (χ2v) is 4.88. The molecule has 0 fully saturated rings. The van der Waals surface area contributed by atoms with Gasteiger partial charge < -0.3 is 5.32 Å². The smallest absolute Gasteiger partial charge is 0.146 e. The average Bonchev–Trinajstić information content (AvgIpc) is 2.30. The van der Waals surface area contributed by atoms with E-state index in [1.54, 1.807) is 12.1 Å². The molecule has 0 bridgehead atoms. The lowest BCUT2D eigenvalue weighted by Gasteiger charge is -2.08. The van der Waals surface area contributed by atoms with Crippen molar-refractivity contribution in [1.82, 2.24) is 0 Å². The molecule has 0 atom stereocenters. The Morgan fingerprint density at radius 2 is 2.00 bits per heavy atom. The van der Waals surface area contributed by atoms with Gasteiger partial charge >= 0.3 is 0 Å². The fourth-order valence-corrected chi connectivity index (χ4v) is 2.01. The zero-order valence-corrected chi connectivity index (χ0v) is 11.1. The van der Waals surface area contributed by atoms with Crippen LogP contribution in [-0.4, -0.2) is 0 Å². The standard InChI is InChI=1S/C14H13BrFN/c1-10-3-2-4-11(7-10)9-17-14-8-12(15)5-6-13(14)16/h2-8,17H,9H2,1H3. The molecule has 0 aliphatic carbocycles. The van der Waals surface area contributed by atoms with Gasteiger partial charge in [-0.15, -0.1) is 0 Å². The predicted octanol–water partition coefficient (Wildman–Crippen LogP) is 4.51. The number of aryl methyl sites for hydroxylation is 1. The van der Waals surface area contributed by atoms with Crippen molar-refractivity contribution < 1.29 is 4.39 Å². The molecule has 0 heterocycles. The molecular formula is C14H13BrFN. The van der Waals surface area contributed by atoms with E-state index in [1.165, 1.54) is 11.6 Å². The first kappa shape index (κ1) is 12.1. The Morgan fingerprint density at radius 3 is 2.76 bits per heavy atom. The summed E-state index contributed by atoms with van der Waals surface area (Å²) in [5.41, 5.74) is 2.87. The van der Waals surface area contributed by atoms with E-state index in [0.29, 0.717) is 12.2 Å². The molecule has 0 radical (unpaired) electrons. The number of halogens is 2. The van der Waals surface area contributed by atoms with Crippen molar-refractivity contribution in [2.75, 3.05) is 5.32 Å². The highest BCUT2D eigenvalue weighted by Gasteiger charge is 2.02. The molecule has 2 aromatic rings. The maximum Gasteiger partial charge on any atom is 0.146 e. The fraction of sp³-hybridized carbons (Fsp3) is 0.143. The van der Waals surface area contributed by atoms with Gasteiger partial charge in [0.05, 0.1) is 5.69 Å². The lowest BCUT2D eigenvalue weighted by molar-refractivity contribution is 0.630. The Hall–Kier alpha value is -1.35. The molecule has 1 nitrogen and oxygen atoms in total. The molecule has 0 aromatic heterocycles. The quantitative estimate of drug-likeness (QED) is 0.878. The van der Waals surface area contributed by atoms with Crippen LogP contribution in [-0.2, 0) is 6.54 Å². The number of hydrogen-bond donors (Lipinski definition) is 1. The largest absolute Gasteiger partial charge is 0.379 e. The van der Waals surface area contributed by atoms with Crippen LogP contribution in [0.2, 0.25) is 0 Å². The van der Waals surface area contributed by atoms with Crippen LogP contribution in [0.3, 0.4) is 0 Å². The lowest BCUT2D eigenvalue weighted by Crippen LogP contribution is -2.01. The van der Waals surface area contributed by atoms with Gasteiger partial charge in [0, 0.05) is 11.0 Å². The summed E-state index contributed by atoms with van der Waals surface area (Å²) in [4.78, 5) is 0. The average molecular weight is 294 g/mol. The SMILES string of the molecule is Cc1cccc(CNc2cc(Br)ccc2F)c1. The van der Waals surface area contributed by atoms with Crippen molar-refractivity contribution in [3.05, 3.63) is 63.9 Å². The molecule has 0 spiro atoms. The van der Waals surface area contributed by atoms with Crippen LogP contribution < -0.4 is 5.32 Å². The molecule has 3 heteroatoms. The van der Waals surface area contributed by atoms with Gasteiger partial charge in [-0.05, 0) is 30.7 Å². The Morgan fingerprint density at radius 1 is 1.18 bits per heavy atom. The Bertz CT molecular complexity index is 525. The number of anilines is 1. The van der Waals surface area contributed by atoms with Crippen molar-refractivity contribution in [1.29, 1.82) is 0 Å². The zero-order valence-electron chi connectivity index (χ0n) is 9.50. The molecule has 0 aliphatic heterocycles. The van der Waals surface area contributed by atoms with E-state index in [2.05, 4.69) is 27.3 Å².